The Morgan fingerprint density at radius 3 is 2.46 bits per heavy atom. The second-order valence-corrected chi connectivity index (χ2v) is 9.56. The van der Waals surface area contributed by atoms with Crippen molar-refractivity contribution in [2.24, 2.45) is 17.3 Å². The second-order valence-electron chi connectivity index (χ2n) is 8.76. The molecule has 1 amide bonds. The molecule has 0 heterocycles. The van der Waals surface area contributed by atoms with Gasteiger partial charge in [0, 0.05) is 17.1 Å². The van der Waals surface area contributed by atoms with Crippen molar-refractivity contribution in [3.63, 3.8) is 0 Å². The molecule has 6 heteroatoms. The summed E-state index contributed by atoms with van der Waals surface area (Å²) in [7, 11) is 0. The van der Waals surface area contributed by atoms with Gasteiger partial charge in [-0.05, 0) is 62.5 Å². The van der Waals surface area contributed by atoms with Crippen molar-refractivity contribution in [1.29, 1.82) is 5.26 Å². The van der Waals surface area contributed by atoms with Gasteiger partial charge in [-0.2, -0.15) is 5.26 Å². The minimum atomic E-state index is -0.518. The summed E-state index contributed by atoms with van der Waals surface area (Å²) in [5, 5.41) is 8.90. The van der Waals surface area contributed by atoms with Gasteiger partial charge in [-0.1, -0.05) is 18.2 Å². The highest BCUT2D eigenvalue weighted by Gasteiger charge is 2.60. The number of rotatable bonds is 6. The number of para-hydroxylation sites is 1. The van der Waals surface area contributed by atoms with Crippen LogP contribution in [0.3, 0.4) is 0 Å². The number of benzene rings is 1. The molecule has 1 aromatic carbocycles. The fourth-order valence-corrected chi connectivity index (χ4v) is 6.61. The molecule has 0 aromatic heterocycles. The molecule has 0 saturated heterocycles. The zero-order valence-corrected chi connectivity index (χ0v) is 16.7. The topological polar surface area (TPSA) is 70.4 Å². The largest absolute Gasteiger partial charge is 0.455 e. The SMILES string of the molecule is N#CCCN(C(=O)COC(=O)C12CC3CC(CC(Cl)(C3)C1)C2)c1ccccc1. The molecule has 4 saturated carbocycles. The van der Waals surface area contributed by atoms with E-state index in [0.717, 1.165) is 25.7 Å². The molecule has 0 radical (unpaired) electrons. The first kappa shape index (κ1) is 19.3. The van der Waals surface area contributed by atoms with Gasteiger partial charge < -0.3 is 9.64 Å². The Bertz CT molecular complexity index is 790. The van der Waals surface area contributed by atoms with Gasteiger partial charge in [0.2, 0.25) is 0 Å². The first-order valence-corrected chi connectivity index (χ1v) is 10.4. The van der Waals surface area contributed by atoms with Crippen LogP contribution in [0.1, 0.15) is 44.9 Å². The quantitative estimate of drug-likeness (QED) is 0.533. The number of amides is 1. The molecule has 0 N–H and O–H groups in total. The van der Waals surface area contributed by atoms with E-state index in [9.17, 15) is 9.59 Å². The summed E-state index contributed by atoms with van der Waals surface area (Å²) in [6.45, 7) is -0.0253. The first-order chi connectivity index (χ1) is 13.4. The number of alkyl halides is 1. The molecule has 4 aliphatic rings. The molecule has 4 bridgehead atoms. The molecule has 2 atom stereocenters. The van der Waals surface area contributed by atoms with Crippen LogP contribution in [0.25, 0.3) is 0 Å². The lowest BCUT2D eigenvalue weighted by molar-refractivity contribution is -0.171. The monoisotopic (exact) mass is 400 g/mol. The molecule has 4 aliphatic carbocycles. The smallest absolute Gasteiger partial charge is 0.312 e. The summed E-state index contributed by atoms with van der Waals surface area (Å²) in [4.78, 5) is 27.0. The third-order valence-electron chi connectivity index (χ3n) is 6.57. The molecule has 2 unspecified atom stereocenters. The lowest BCUT2D eigenvalue weighted by Gasteiger charge is -2.58. The number of halogens is 1. The minimum absolute atomic E-state index is 0.219. The maximum atomic E-state index is 13.0. The lowest BCUT2D eigenvalue weighted by atomic mass is 9.49. The maximum absolute atomic E-state index is 13.0. The fourth-order valence-electron chi connectivity index (χ4n) is 5.92. The van der Waals surface area contributed by atoms with Crippen LogP contribution in [0, 0.1) is 28.6 Å². The van der Waals surface area contributed by atoms with E-state index < -0.39 is 5.41 Å². The van der Waals surface area contributed by atoms with Crippen molar-refractivity contribution in [3.05, 3.63) is 30.3 Å². The predicted molar refractivity (Wildman–Crippen MR) is 106 cm³/mol. The number of carbonyl (C=O) groups is 2. The van der Waals surface area contributed by atoms with E-state index in [1.807, 2.05) is 30.3 Å². The van der Waals surface area contributed by atoms with Crippen LogP contribution in [0.15, 0.2) is 30.3 Å². The van der Waals surface area contributed by atoms with Crippen molar-refractivity contribution >= 4 is 29.2 Å². The van der Waals surface area contributed by atoms with E-state index >= 15 is 0 Å². The summed E-state index contributed by atoms with van der Waals surface area (Å²) >= 11 is 6.80. The van der Waals surface area contributed by atoms with Crippen molar-refractivity contribution in [1.82, 2.24) is 0 Å². The number of carbonyl (C=O) groups excluding carboxylic acids is 2. The molecule has 1 aromatic rings. The Balaban J connectivity index is 1.42. The number of hydrogen-bond donors (Lipinski definition) is 0. The number of nitriles is 1. The Morgan fingerprint density at radius 2 is 1.86 bits per heavy atom. The molecular formula is C22H25ClN2O3. The summed E-state index contributed by atoms with van der Waals surface area (Å²) < 4.78 is 5.54. The van der Waals surface area contributed by atoms with Crippen LogP contribution < -0.4 is 4.90 Å². The second kappa shape index (κ2) is 7.40. The maximum Gasteiger partial charge on any atom is 0.312 e. The van der Waals surface area contributed by atoms with Crippen molar-refractivity contribution in [3.8, 4) is 6.07 Å². The third-order valence-corrected chi connectivity index (χ3v) is 7.01. The number of hydrogen-bond acceptors (Lipinski definition) is 4. The molecule has 0 aliphatic heterocycles. The highest BCUT2D eigenvalue weighted by atomic mass is 35.5. The number of anilines is 1. The zero-order chi connectivity index (χ0) is 19.8. The zero-order valence-electron chi connectivity index (χ0n) is 15.9. The van der Waals surface area contributed by atoms with Crippen LogP contribution in [-0.2, 0) is 14.3 Å². The van der Waals surface area contributed by atoms with E-state index in [1.54, 1.807) is 0 Å². The van der Waals surface area contributed by atoms with E-state index in [2.05, 4.69) is 6.07 Å². The molecule has 0 spiro atoms. The van der Waals surface area contributed by atoms with Gasteiger partial charge >= 0.3 is 5.97 Å². The Kier molecular flexibility index (Phi) is 5.09. The van der Waals surface area contributed by atoms with Crippen molar-refractivity contribution < 1.29 is 14.3 Å². The number of ether oxygens (including phenoxy) is 1. The van der Waals surface area contributed by atoms with Gasteiger partial charge in [0.15, 0.2) is 6.61 Å². The van der Waals surface area contributed by atoms with Crippen LogP contribution in [-0.4, -0.2) is 29.9 Å². The van der Waals surface area contributed by atoms with Gasteiger partial charge in [-0.25, -0.2) is 0 Å². The average Bonchev–Trinajstić information content (AvgIpc) is 2.65. The minimum Gasteiger partial charge on any atom is -0.455 e. The Morgan fingerprint density at radius 1 is 1.18 bits per heavy atom. The molecule has 5 rings (SSSR count). The average molecular weight is 401 g/mol. The Labute approximate surface area is 170 Å². The van der Waals surface area contributed by atoms with E-state index in [-0.39, 0.29) is 36.3 Å². The molecule has 5 nitrogen and oxygen atoms in total. The van der Waals surface area contributed by atoms with E-state index in [4.69, 9.17) is 21.6 Å². The standard InChI is InChI=1S/C22H25ClN2O3/c23-22-12-16-9-17(13-22)11-21(10-16,15-22)20(27)28-14-19(26)25(8-4-7-24)18-5-2-1-3-6-18/h1-3,5-6,16-17H,4,8-15H2. The van der Waals surface area contributed by atoms with Crippen LogP contribution in [0.2, 0.25) is 0 Å². The lowest BCUT2D eigenvalue weighted by Crippen LogP contribution is -2.56. The van der Waals surface area contributed by atoms with Gasteiger partial charge in [0.1, 0.15) is 0 Å². The summed E-state index contributed by atoms with van der Waals surface area (Å²) in [5.41, 5.74) is 0.185. The third kappa shape index (κ3) is 3.63. The molecular weight excluding hydrogens is 376 g/mol. The highest BCUT2D eigenvalue weighted by Crippen LogP contribution is 2.64. The van der Waals surface area contributed by atoms with Gasteiger partial charge in [0.05, 0.1) is 17.9 Å². The Hall–Kier alpha value is -2.06. The summed E-state index contributed by atoms with van der Waals surface area (Å²) in [6, 6.07) is 11.2. The fraction of sp³-hybridized carbons (Fsp3) is 0.591. The predicted octanol–water partition coefficient (Wildman–Crippen LogP) is 4.05. The molecule has 148 valence electrons. The van der Waals surface area contributed by atoms with Crippen LogP contribution in [0.4, 0.5) is 5.69 Å². The van der Waals surface area contributed by atoms with Gasteiger partial charge in [-0.3, -0.25) is 9.59 Å². The molecule has 4 fully saturated rings. The van der Waals surface area contributed by atoms with Crippen LogP contribution >= 0.6 is 11.6 Å². The first-order valence-electron chi connectivity index (χ1n) is 10.0. The van der Waals surface area contributed by atoms with Crippen LogP contribution in [0.5, 0.6) is 0 Å². The number of nitrogens with zero attached hydrogens (tertiary/aromatic N) is 2. The van der Waals surface area contributed by atoms with Gasteiger partial charge in [0.25, 0.3) is 5.91 Å². The summed E-state index contributed by atoms with van der Waals surface area (Å²) in [6.07, 6.45) is 5.71. The normalized spacial score (nSPS) is 32.6. The van der Waals surface area contributed by atoms with E-state index in [1.165, 1.54) is 11.3 Å². The summed E-state index contributed by atoms with van der Waals surface area (Å²) in [5.74, 6) is 0.422. The highest BCUT2D eigenvalue weighted by molar-refractivity contribution is 6.24. The van der Waals surface area contributed by atoms with Crippen molar-refractivity contribution in [2.45, 2.75) is 49.8 Å². The van der Waals surface area contributed by atoms with Crippen molar-refractivity contribution in [2.75, 3.05) is 18.1 Å². The van der Waals surface area contributed by atoms with E-state index in [0.29, 0.717) is 23.9 Å². The molecule has 28 heavy (non-hydrogen) atoms. The number of esters is 1. The van der Waals surface area contributed by atoms with Gasteiger partial charge in [-0.15, -0.1) is 11.6 Å².